The Labute approximate surface area is 99.5 Å². The van der Waals surface area contributed by atoms with Gasteiger partial charge in [-0.3, -0.25) is 5.10 Å². The summed E-state index contributed by atoms with van der Waals surface area (Å²) in [5, 5.41) is 6.76. The zero-order chi connectivity index (χ0) is 12.3. The SMILES string of the molecule is COCc1ccc(-c2cc(N)n[nH]2)cc1OC. The van der Waals surface area contributed by atoms with Crippen LogP contribution >= 0.6 is 0 Å². The lowest BCUT2D eigenvalue weighted by molar-refractivity contribution is 0.181. The molecule has 0 atom stereocenters. The summed E-state index contributed by atoms with van der Waals surface area (Å²) < 4.78 is 10.4. The summed E-state index contributed by atoms with van der Waals surface area (Å²) in [4.78, 5) is 0. The zero-order valence-electron chi connectivity index (χ0n) is 9.86. The van der Waals surface area contributed by atoms with Gasteiger partial charge in [0.05, 0.1) is 19.4 Å². The summed E-state index contributed by atoms with van der Waals surface area (Å²) in [6.45, 7) is 0.522. The van der Waals surface area contributed by atoms with Gasteiger partial charge in [0.15, 0.2) is 0 Å². The molecule has 5 nitrogen and oxygen atoms in total. The lowest BCUT2D eigenvalue weighted by Gasteiger charge is -2.09. The molecule has 0 spiro atoms. The molecular weight excluding hydrogens is 218 g/mol. The Morgan fingerprint density at radius 1 is 1.29 bits per heavy atom. The molecular formula is C12H15N3O2. The Kier molecular flexibility index (Phi) is 3.30. The number of hydrogen-bond donors (Lipinski definition) is 2. The highest BCUT2D eigenvalue weighted by Gasteiger charge is 2.07. The van der Waals surface area contributed by atoms with Crippen molar-refractivity contribution in [2.75, 3.05) is 20.0 Å². The summed E-state index contributed by atoms with van der Waals surface area (Å²) in [7, 11) is 3.29. The lowest BCUT2D eigenvalue weighted by atomic mass is 10.1. The molecule has 1 aromatic carbocycles. The fraction of sp³-hybridized carbons (Fsp3) is 0.250. The molecule has 0 amide bonds. The van der Waals surface area contributed by atoms with Crippen molar-refractivity contribution in [2.45, 2.75) is 6.61 Å². The molecule has 17 heavy (non-hydrogen) atoms. The number of nitrogens with two attached hydrogens (primary N) is 1. The van der Waals surface area contributed by atoms with Crippen LogP contribution in [0, 0.1) is 0 Å². The maximum absolute atomic E-state index is 5.57. The first kappa shape index (κ1) is 11.5. The van der Waals surface area contributed by atoms with Crippen molar-refractivity contribution in [1.29, 1.82) is 0 Å². The molecule has 0 saturated heterocycles. The Morgan fingerprint density at radius 2 is 2.12 bits per heavy atom. The molecule has 2 rings (SSSR count). The van der Waals surface area contributed by atoms with Crippen LogP contribution in [0.15, 0.2) is 24.3 Å². The first-order valence-electron chi connectivity index (χ1n) is 5.21. The number of benzene rings is 1. The molecule has 3 N–H and O–H groups in total. The van der Waals surface area contributed by atoms with Gasteiger partial charge in [0.25, 0.3) is 0 Å². The number of ether oxygens (including phenoxy) is 2. The van der Waals surface area contributed by atoms with Gasteiger partial charge < -0.3 is 15.2 Å². The van der Waals surface area contributed by atoms with Gasteiger partial charge in [-0.15, -0.1) is 0 Å². The molecule has 2 aromatic rings. The van der Waals surface area contributed by atoms with E-state index in [4.69, 9.17) is 15.2 Å². The van der Waals surface area contributed by atoms with Crippen LogP contribution < -0.4 is 10.5 Å². The van der Waals surface area contributed by atoms with Crippen molar-refractivity contribution in [3.8, 4) is 17.0 Å². The van der Waals surface area contributed by atoms with Crippen LogP contribution in [0.1, 0.15) is 5.56 Å². The molecule has 0 unspecified atom stereocenters. The summed E-state index contributed by atoms with van der Waals surface area (Å²) in [6, 6.07) is 7.66. The number of anilines is 1. The lowest BCUT2D eigenvalue weighted by Crippen LogP contribution is -1.94. The van der Waals surface area contributed by atoms with E-state index in [1.807, 2.05) is 18.2 Å². The smallest absolute Gasteiger partial charge is 0.145 e. The Balaban J connectivity index is 2.37. The van der Waals surface area contributed by atoms with E-state index in [1.54, 1.807) is 20.3 Å². The number of methoxy groups -OCH3 is 2. The minimum absolute atomic E-state index is 0.472. The second kappa shape index (κ2) is 4.88. The third-order valence-electron chi connectivity index (χ3n) is 2.50. The van der Waals surface area contributed by atoms with Crippen molar-refractivity contribution in [1.82, 2.24) is 10.2 Å². The second-order valence-electron chi connectivity index (χ2n) is 3.67. The molecule has 0 saturated carbocycles. The first-order valence-corrected chi connectivity index (χ1v) is 5.21. The zero-order valence-corrected chi connectivity index (χ0v) is 9.86. The van der Waals surface area contributed by atoms with Gasteiger partial charge in [0.1, 0.15) is 11.6 Å². The monoisotopic (exact) mass is 233 g/mol. The summed E-state index contributed by atoms with van der Waals surface area (Å²) in [5.41, 5.74) is 8.42. The Morgan fingerprint density at radius 3 is 2.71 bits per heavy atom. The van der Waals surface area contributed by atoms with Gasteiger partial charge in [0.2, 0.25) is 0 Å². The maximum Gasteiger partial charge on any atom is 0.145 e. The van der Waals surface area contributed by atoms with Crippen molar-refractivity contribution in [3.05, 3.63) is 29.8 Å². The summed E-state index contributed by atoms with van der Waals surface area (Å²) >= 11 is 0. The molecule has 1 aromatic heterocycles. The Bertz CT molecular complexity index is 508. The topological polar surface area (TPSA) is 73.2 Å². The van der Waals surface area contributed by atoms with E-state index in [9.17, 15) is 0 Å². The van der Waals surface area contributed by atoms with E-state index in [1.165, 1.54) is 0 Å². The van der Waals surface area contributed by atoms with Crippen LogP contribution in [0.3, 0.4) is 0 Å². The summed E-state index contributed by atoms with van der Waals surface area (Å²) in [5.74, 6) is 1.26. The minimum Gasteiger partial charge on any atom is -0.496 e. The Hall–Kier alpha value is -2.01. The minimum atomic E-state index is 0.472. The number of nitrogens with zero attached hydrogens (tertiary/aromatic N) is 1. The van der Waals surface area contributed by atoms with Crippen molar-refractivity contribution >= 4 is 5.82 Å². The number of rotatable bonds is 4. The van der Waals surface area contributed by atoms with Crippen molar-refractivity contribution < 1.29 is 9.47 Å². The normalized spacial score (nSPS) is 10.5. The van der Waals surface area contributed by atoms with Crippen molar-refractivity contribution in [2.24, 2.45) is 0 Å². The van der Waals surface area contributed by atoms with E-state index in [-0.39, 0.29) is 0 Å². The van der Waals surface area contributed by atoms with E-state index in [0.717, 1.165) is 22.6 Å². The van der Waals surface area contributed by atoms with Gasteiger partial charge in [-0.2, -0.15) is 5.10 Å². The van der Waals surface area contributed by atoms with E-state index < -0.39 is 0 Å². The van der Waals surface area contributed by atoms with E-state index in [0.29, 0.717) is 12.4 Å². The number of aromatic amines is 1. The largest absolute Gasteiger partial charge is 0.496 e. The van der Waals surface area contributed by atoms with E-state index >= 15 is 0 Å². The predicted molar refractivity (Wildman–Crippen MR) is 65.7 cm³/mol. The van der Waals surface area contributed by atoms with Gasteiger partial charge >= 0.3 is 0 Å². The number of hydrogen-bond acceptors (Lipinski definition) is 4. The molecule has 5 heteroatoms. The third kappa shape index (κ3) is 2.39. The number of H-pyrrole nitrogens is 1. The highest BCUT2D eigenvalue weighted by Crippen LogP contribution is 2.27. The van der Waals surface area contributed by atoms with Gasteiger partial charge in [0, 0.05) is 24.3 Å². The molecule has 0 aliphatic heterocycles. The standard InChI is InChI=1S/C12H15N3O2/c1-16-7-9-4-3-8(5-11(9)17-2)10-6-12(13)15-14-10/h3-6H,7H2,1-2H3,(H3,13,14,15). The van der Waals surface area contributed by atoms with Crippen LogP contribution in [-0.2, 0) is 11.3 Å². The van der Waals surface area contributed by atoms with Crippen molar-refractivity contribution in [3.63, 3.8) is 0 Å². The molecule has 0 aliphatic rings. The quantitative estimate of drug-likeness (QED) is 0.844. The average molecular weight is 233 g/mol. The van der Waals surface area contributed by atoms with Gasteiger partial charge in [-0.05, 0) is 6.07 Å². The number of aromatic nitrogens is 2. The van der Waals surface area contributed by atoms with Crippen LogP contribution in [0.2, 0.25) is 0 Å². The van der Waals surface area contributed by atoms with Crippen LogP contribution in [0.25, 0.3) is 11.3 Å². The second-order valence-corrected chi connectivity index (χ2v) is 3.67. The number of nitrogens with one attached hydrogen (secondary N) is 1. The summed E-state index contributed by atoms with van der Waals surface area (Å²) in [6.07, 6.45) is 0. The molecule has 0 bridgehead atoms. The van der Waals surface area contributed by atoms with Crippen LogP contribution in [0.4, 0.5) is 5.82 Å². The highest BCUT2D eigenvalue weighted by molar-refractivity contribution is 5.64. The van der Waals surface area contributed by atoms with Crippen LogP contribution in [-0.4, -0.2) is 24.4 Å². The molecule has 90 valence electrons. The van der Waals surface area contributed by atoms with Crippen LogP contribution in [0.5, 0.6) is 5.75 Å². The van der Waals surface area contributed by atoms with Gasteiger partial charge in [-0.1, -0.05) is 12.1 Å². The fourth-order valence-corrected chi connectivity index (χ4v) is 1.67. The van der Waals surface area contributed by atoms with E-state index in [2.05, 4.69) is 10.2 Å². The fourth-order valence-electron chi connectivity index (χ4n) is 1.67. The van der Waals surface area contributed by atoms with Gasteiger partial charge in [-0.25, -0.2) is 0 Å². The molecule has 0 fully saturated rings. The highest BCUT2D eigenvalue weighted by atomic mass is 16.5. The first-order chi connectivity index (χ1) is 8.24. The average Bonchev–Trinajstić information content (AvgIpc) is 2.77. The molecule has 0 radical (unpaired) electrons. The molecule has 1 heterocycles. The predicted octanol–water partition coefficient (Wildman–Crippen LogP) is 1.81. The number of nitrogen functional groups attached to an aromatic ring is 1. The third-order valence-corrected chi connectivity index (χ3v) is 2.50. The maximum atomic E-state index is 5.57. The molecule has 0 aliphatic carbocycles.